The van der Waals surface area contributed by atoms with Crippen LogP contribution < -0.4 is 0 Å². The van der Waals surface area contributed by atoms with Crippen molar-refractivity contribution >= 4 is 30.2 Å². The van der Waals surface area contributed by atoms with Crippen molar-refractivity contribution in [1.82, 2.24) is 0 Å². The van der Waals surface area contributed by atoms with E-state index >= 15 is 0 Å². The van der Waals surface area contributed by atoms with E-state index in [0.29, 0.717) is 0 Å². The molecule has 0 bridgehead atoms. The molecule has 0 amide bonds. The van der Waals surface area contributed by atoms with E-state index in [4.69, 9.17) is 0 Å². The zero-order valence-corrected chi connectivity index (χ0v) is 9.15. The van der Waals surface area contributed by atoms with E-state index < -0.39 is 0 Å². The molecule has 0 spiro atoms. The second-order valence-corrected chi connectivity index (χ2v) is 5.57. The van der Waals surface area contributed by atoms with Crippen molar-refractivity contribution in [3.8, 4) is 0 Å². The summed E-state index contributed by atoms with van der Waals surface area (Å²) in [5.41, 5.74) is 1.25. The second-order valence-electron chi connectivity index (χ2n) is 2.69. The fourth-order valence-corrected chi connectivity index (χ4v) is 2.72. The van der Waals surface area contributed by atoms with E-state index in [-0.39, 0.29) is 20.9 Å². The van der Waals surface area contributed by atoms with E-state index in [1.54, 1.807) is 0 Å². The first kappa shape index (κ1) is 8.04. The van der Waals surface area contributed by atoms with Crippen LogP contribution in [0.1, 0.15) is 12.5 Å². The number of hydrogen-bond acceptors (Lipinski definition) is 0. The van der Waals surface area contributed by atoms with Crippen molar-refractivity contribution in [2.24, 2.45) is 0 Å². The SMILES string of the molecule is CC1=[Te][OH+]C(c2ccccc2)=C1. The Balaban J connectivity index is 2.30. The Bertz CT molecular complexity index is 338. The maximum atomic E-state index is 4.54. The Labute approximate surface area is 82.2 Å². The molecule has 2 heteroatoms. The summed E-state index contributed by atoms with van der Waals surface area (Å²) in [5, 5.41) is 0. The fraction of sp³-hybridized carbons (Fsp3) is 0.100. The molecular formula is C10H10OTe+. The Morgan fingerprint density at radius 1 is 1.17 bits per heavy atom. The summed E-state index contributed by atoms with van der Waals surface area (Å²) in [6.07, 6.45) is 2.21. The van der Waals surface area contributed by atoms with Crippen molar-refractivity contribution in [2.75, 3.05) is 0 Å². The second kappa shape index (κ2) is 3.43. The molecular weight excluding hydrogens is 264 g/mol. The number of benzene rings is 1. The normalized spacial score (nSPS) is 15.1. The van der Waals surface area contributed by atoms with Crippen LogP contribution in [-0.2, 0) is 0 Å². The van der Waals surface area contributed by atoms with Gasteiger partial charge in [0.2, 0.25) is 0 Å². The predicted octanol–water partition coefficient (Wildman–Crippen LogP) is 1.38. The van der Waals surface area contributed by atoms with Gasteiger partial charge in [0.05, 0.1) is 0 Å². The van der Waals surface area contributed by atoms with Gasteiger partial charge in [0, 0.05) is 0 Å². The molecule has 0 fully saturated rings. The van der Waals surface area contributed by atoms with E-state index in [9.17, 15) is 0 Å². The van der Waals surface area contributed by atoms with Crippen LogP contribution in [0.5, 0.6) is 0 Å². The third-order valence-electron chi connectivity index (χ3n) is 1.70. The molecule has 12 heavy (non-hydrogen) atoms. The van der Waals surface area contributed by atoms with Gasteiger partial charge in [-0.3, -0.25) is 0 Å². The van der Waals surface area contributed by atoms with Gasteiger partial charge in [0.25, 0.3) is 0 Å². The fourth-order valence-electron chi connectivity index (χ4n) is 1.11. The molecule has 0 aliphatic carbocycles. The maximum absolute atomic E-state index is 4.54. The molecule has 1 nitrogen and oxygen atoms in total. The van der Waals surface area contributed by atoms with Crippen LogP contribution in [0.15, 0.2) is 36.4 Å². The molecule has 0 unspecified atom stereocenters. The first-order valence-corrected chi connectivity index (χ1v) is 6.06. The van der Waals surface area contributed by atoms with Crippen LogP contribution in [0.25, 0.3) is 5.76 Å². The van der Waals surface area contributed by atoms with Crippen molar-refractivity contribution < 1.29 is 3.10 Å². The van der Waals surface area contributed by atoms with Crippen molar-refractivity contribution in [1.29, 1.82) is 0 Å². The summed E-state index contributed by atoms with van der Waals surface area (Å²) in [4.78, 5) is 0. The van der Waals surface area contributed by atoms with E-state index in [2.05, 4.69) is 40.4 Å². The van der Waals surface area contributed by atoms with Gasteiger partial charge in [-0.25, -0.2) is 0 Å². The molecule has 0 saturated carbocycles. The van der Waals surface area contributed by atoms with Crippen molar-refractivity contribution in [3.63, 3.8) is 0 Å². The first-order chi connectivity index (χ1) is 5.86. The van der Waals surface area contributed by atoms with Gasteiger partial charge < -0.3 is 0 Å². The van der Waals surface area contributed by atoms with Gasteiger partial charge in [-0.1, -0.05) is 0 Å². The molecule has 1 N–H and O–H groups in total. The molecule has 2 rings (SSSR count). The molecule has 1 heterocycles. The minimum atomic E-state index is -0.202. The van der Waals surface area contributed by atoms with Crippen molar-refractivity contribution in [2.45, 2.75) is 6.92 Å². The van der Waals surface area contributed by atoms with Crippen LogP contribution in [0.2, 0.25) is 0 Å². The van der Waals surface area contributed by atoms with Crippen LogP contribution in [0.3, 0.4) is 0 Å². The van der Waals surface area contributed by atoms with Crippen LogP contribution in [-0.4, -0.2) is 27.5 Å². The van der Waals surface area contributed by atoms with Crippen LogP contribution >= 0.6 is 0 Å². The van der Waals surface area contributed by atoms with Gasteiger partial charge in [-0.2, -0.15) is 0 Å². The zero-order chi connectivity index (χ0) is 8.39. The summed E-state index contributed by atoms with van der Waals surface area (Å²) >= 11 is -0.202. The Hall–Kier alpha value is -0.580. The topological polar surface area (TPSA) is 12.8 Å². The molecule has 1 aliphatic rings. The minimum absolute atomic E-state index is 0.202. The van der Waals surface area contributed by atoms with Gasteiger partial charge in [0.15, 0.2) is 0 Å². The van der Waals surface area contributed by atoms with Gasteiger partial charge >= 0.3 is 82.2 Å². The number of aliphatic hydroxyl groups is 1. The summed E-state index contributed by atoms with van der Waals surface area (Å²) in [6.45, 7) is 2.17. The molecule has 0 atom stereocenters. The van der Waals surface area contributed by atoms with E-state index in [1.165, 1.54) is 14.9 Å². The third kappa shape index (κ3) is 1.60. The molecule has 61 valence electrons. The molecule has 1 aliphatic heterocycles. The molecule has 1 aromatic rings. The average Bonchev–Trinajstić information content (AvgIpc) is 2.54. The monoisotopic (exact) mass is 276 g/mol. The third-order valence-corrected chi connectivity index (χ3v) is 3.68. The average molecular weight is 274 g/mol. The number of rotatable bonds is 1. The molecule has 0 aromatic heterocycles. The van der Waals surface area contributed by atoms with Crippen LogP contribution in [0, 0.1) is 0 Å². The molecule has 1 aromatic carbocycles. The number of allylic oxidation sites excluding steroid dienone is 1. The quantitative estimate of drug-likeness (QED) is 0.542. The molecule has 1 radical (unpaired) electrons. The molecule has 0 saturated heterocycles. The zero-order valence-electron chi connectivity index (χ0n) is 6.82. The first-order valence-electron chi connectivity index (χ1n) is 3.85. The standard InChI is InChI=1S/C10H10OTe/c1-8-7-10(11-12-8)9-5-3-2-4-6-9/h2-7,11H,1H3/q+1. The van der Waals surface area contributed by atoms with E-state index in [1.807, 2.05) is 6.07 Å². The Morgan fingerprint density at radius 2 is 1.92 bits per heavy atom. The summed E-state index contributed by atoms with van der Waals surface area (Å²) in [6, 6.07) is 10.4. The van der Waals surface area contributed by atoms with Crippen LogP contribution in [0.4, 0.5) is 0 Å². The Kier molecular flexibility index (Phi) is 2.30. The predicted molar refractivity (Wildman–Crippen MR) is 53.1 cm³/mol. The van der Waals surface area contributed by atoms with Gasteiger partial charge in [-0.15, -0.1) is 0 Å². The van der Waals surface area contributed by atoms with Gasteiger partial charge in [-0.05, 0) is 0 Å². The number of hydrogen-bond donors (Lipinski definition) is 0. The summed E-state index contributed by atoms with van der Waals surface area (Å²) in [5.74, 6) is 1.18. The summed E-state index contributed by atoms with van der Waals surface area (Å²) in [7, 11) is 0. The summed E-state index contributed by atoms with van der Waals surface area (Å²) < 4.78 is 6.01. The van der Waals surface area contributed by atoms with Crippen molar-refractivity contribution in [3.05, 3.63) is 42.0 Å². The van der Waals surface area contributed by atoms with Gasteiger partial charge in [0.1, 0.15) is 0 Å². The van der Waals surface area contributed by atoms with E-state index in [0.717, 1.165) is 0 Å². The Morgan fingerprint density at radius 3 is 2.50 bits per heavy atom.